The van der Waals surface area contributed by atoms with Gasteiger partial charge in [-0.05, 0) is 43.7 Å². The lowest BCUT2D eigenvalue weighted by atomic mass is 10.2. The first-order valence-electron chi connectivity index (χ1n) is 8.34. The molecule has 0 saturated carbocycles. The Balaban J connectivity index is 1.86. The van der Waals surface area contributed by atoms with Gasteiger partial charge in [0.25, 0.3) is 11.8 Å². The Kier molecular flexibility index (Phi) is 5.62. The molecule has 0 bridgehead atoms. The van der Waals surface area contributed by atoms with E-state index in [1.54, 1.807) is 22.9 Å². The summed E-state index contributed by atoms with van der Waals surface area (Å²) in [6, 6.07) is 11.0. The van der Waals surface area contributed by atoms with Crippen molar-refractivity contribution in [3.8, 4) is 0 Å². The molecule has 2 aromatic rings. The Bertz CT molecular complexity index is 961. The predicted octanol–water partition coefficient (Wildman–Crippen LogP) is 3.88. The maximum atomic E-state index is 12.5. The normalized spacial score (nSPS) is 15.5. The molecule has 0 radical (unpaired) electrons. The molecule has 1 aromatic carbocycles. The van der Waals surface area contributed by atoms with Crippen LogP contribution in [0.3, 0.4) is 0 Å². The van der Waals surface area contributed by atoms with Gasteiger partial charge in [0.1, 0.15) is 4.32 Å². The zero-order valence-corrected chi connectivity index (χ0v) is 16.7. The molecule has 5 nitrogen and oxygen atoms in total. The number of hydrogen-bond donors (Lipinski definition) is 1. The molecule has 1 saturated heterocycles. The van der Waals surface area contributed by atoms with Crippen LogP contribution in [-0.2, 0) is 4.79 Å². The first-order chi connectivity index (χ1) is 12.9. The zero-order chi connectivity index (χ0) is 19.6. The smallest absolute Gasteiger partial charge is 0.270 e. The Hall–Kier alpha value is -2.64. The highest BCUT2D eigenvalue weighted by atomic mass is 32.2. The lowest BCUT2D eigenvalue weighted by Gasteiger charge is -2.11. The summed E-state index contributed by atoms with van der Waals surface area (Å²) in [5, 5.41) is 0. The van der Waals surface area contributed by atoms with Crippen LogP contribution in [-0.4, -0.2) is 32.3 Å². The SMILES string of the molecule is C=CCN1C(=O)/C(=C/c2cc(C)n(NC(=O)c3ccccc3)c2C)SC1=S. The number of hydrogen-bond acceptors (Lipinski definition) is 4. The van der Waals surface area contributed by atoms with E-state index in [2.05, 4.69) is 12.0 Å². The van der Waals surface area contributed by atoms with Crippen molar-refractivity contribution >= 4 is 46.2 Å². The van der Waals surface area contributed by atoms with Crippen molar-refractivity contribution in [3.63, 3.8) is 0 Å². The number of nitrogens with zero attached hydrogens (tertiary/aromatic N) is 2. The second kappa shape index (κ2) is 7.94. The standard InChI is InChI=1S/C20H19N3O2S2/c1-4-10-22-19(25)17(27-20(22)26)12-16-11-13(2)23(14(16)3)21-18(24)15-8-6-5-7-9-15/h4-9,11-12H,1,10H2,2-3H3,(H,21,24)/b17-12-. The summed E-state index contributed by atoms with van der Waals surface area (Å²) in [5.74, 6) is -0.315. The van der Waals surface area contributed by atoms with Gasteiger partial charge in [-0.15, -0.1) is 6.58 Å². The van der Waals surface area contributed by atoms with Crippen LogP contribution < -0.4 is 5.43 Å². The average molecular weight is 398 g/mol. The number of thioether (sulfide) groups is 1. The molecular weight excluding hydrogens is 378 g/mol. The van der Waals surface area contributed by atoms with E-state index in [1.165, 1.54) is 16.7 Å². The minimum atomic E-state index is -0.193. The first kappa shape index (κ1) is 19.1. The summed E-state index contributed by atoms with van der Waals surface area (Å²) in [6.07, 6.45) is 3.47. The minimum absolute atomic E-state index is 0.122. The fourth-order valence-corrected chi connectivity index (χ4v) is 4.06. The molecule has 1 aliphatic heterocycles. The van der Waals surface area contributed by atoms with E-state index in [1.807, 2.05) is 44.2 Å². The lowest BCUT2D eigenvalue weighted by molar-refractivity contribution is -0.121. The molecule has 0 aliphatic carbocycles. The number of amides is 2. The van der Waals surface area contributed by atoms with Crippen LogP contribution in [0.5, 0.6) is 0 Å². The van der Waals surface area contributed by atoms with Crippen molar-refractivity contribution in [3.05, 3.63) is 76.5 Å². The number of carbonyl (C=O) groups excluding carboxylic acids is 2. The van der Waals surface area contributed by atoms with Gasteiger partial charge in [0.2, 0.25) is 0 Å². The minimum Gasteiger partial charge on any atom is -0.289 e. The van der Waals surface area contributed by atoms with E-state index >= 15 is 0 Å². The summed E-state index contributed by atoms with van der Waals surface area (Å²) >= 11 is 6.54. The topological polar surface area (TPSA) is 54.3 Å². The molecule has 0 spiro atoms. The van der Waals surface area contributed by atoms with E-state index in [-0.39, 0.29) is 11.8 Å². The van der Waals surface area contributed by atoms with Crippen molar-refractivity contribution in [1.29, 1.82) is 0 Å². The first-order valence-corrected chi connectivity index (χ1v) is 9.56. The molecule has 138 valence electrons. The summed E-state index contributed by atoms with van der Waals surface area (Å²) in [5.41, 5.74) is 6.04. The van der Waals surface area contributed by atoms with Crippen molar-refractivity contribution in [1.82, 2.24) is 9.58 Å². The summed E-state index contributed by atoms with van der Waals surface area (Å²) < 4.78 is 2.25. The molecule has 1 aliphatic rings. The van der Waals surface area contributed by atoms with Gasteiger partial charge in [-0.25, -0.2) is 0 Å². The van der Waals surface area contributed by atoms with Gasteiger partial charge >= 0.3 is 0 Å². The fourth-order valence-electron chi connectivity index (χ4n) is 2.79. The summed E-state index contributed by atoms with van der Waals surface area (Å²) in [7, 11) is 0. The Morgan fingerprint density at radius 2 is 2.00 bits per heavy atom. The van der Waals surface area contributed by atoms with Crippen molar-refractivity contribution in [2.45, 2.75) is 13.8 Å². The van der Waals surface area contributed by atoms with Crippen LogP contribution >= 0.6 is 24.0 Å². The van der Waals surface area contributed by atoms with E-state index in [0.717, 1.165) is 17.0 Å². The number of thiocarbonyl (C=S) groups is 1. The van der Waals surface area contributed by atoms with Crippen molar-refractivity contribution in [2.75, 3.05) is 12.0 Å². The molecule has 1 aromatic heterocycles. The molecule has 27 heavy (non-hydrogen) atoms. The van der Waals surface area contributed by atoms with Crippen LogP contribution in [0.15, 0.2) is 54.0 Å². The summed E-state index contributed by atoms with van der Waals surface area (Å²) in [4.78, 5) is 27.0. The van der Waals surface area contributed by atoms with Crippen molar-refractivity contribution in [2.24, 2.45) is 0 Å². The Morgan fingerprint density at radius 1 is 1.30 bits per heavy atom. The maximum Gasteiger partial charge on any atom is 0.270 e. The number of benzene rings is 1. The van der Waals surface area contributed by atoms with Crippen molar-refractivity contribution < 1.29 is 9.59 Å². The zero-order valence-electron chi connectivity index (χ0n) is 15.1. The molecule has 3 rings (SSSR count). The Labute approximate surface area is 167 Å². The van der Waals surface area contributed by atoms with Gasteiger partial charge in [-0.1, -0.05) is 48.3 Å². The third-order valence-electron chi connectivity index (χ3n) is 4.19. The number of carbonyl (C=O) groups is 2. The van der Waals surface area contributed by atoms with E-state index < -0.39 is 0 Å². The van der Waals surface area contributed by atoms with Crippen LogP contribution in [0.2, 0.25) is 0 Å². The predicted molar refractivity (Wildman–Crippen MR) is 114 cm³/mol. The second-order valence-electron chi connectivity index (χ2n) is 6.05. The number of aromatic nitrogens is 1. The van der Waals surface area contributed by atoms with E-state index in [9.17, 15) is 9.59 Å². The largest absolute Gasteiger partial charge is 0.289 e. The molecule has 2 heterocycles. The van der Waals surface area contributed by atoms with E-state index in [4.69, 9.17) is 12.2 Å². The fraction of sp³-hybridized carbons (Fsp3) is 0.150. The quantitative estimate of drug-likeness (QED) is 0.473. The Morgan fingerprint density at radius 3 is 2.67 bits per heavy atom. The highest BCUT2D eigenvalue weighted by Gasteiger charge is 2.31. The third-order valence-corrected chi connectivity index (χ3v) is 5.57. The highest BCUT2D eigenvalue weighted by Crippen LogP contribution is 2.33. The number of rotatable bonds is 5. The molecule has 7 heteroatoms. The number of aryl methyl sites for hydroxylation is 1. The van der Waals surface area contributed by atoms with Gasteiger partial charge < -0.3 is 0 Å². The molecule has 1 fully saturated rings. The van der Waals surface area contributed by atoms with E-state index in [0.29, 0.717) is 21.3 Å². The van der Waals surface area contributed by atoms with Gasteiger partial charge in [-0.3, -0.25) is 24.6 Å². The van der Waals surface area contributed by atoms with Crippen LogP contribution in [0.25, 0.3) is 6.08 Å². The molecule has 1 N–H and O–H groups in total. The monoisotopic (exact) mass is 397 g/mol. The van der Waals surface area contributed by atoms with Gasteiger partial charge in [0.05, 0.1) is 4.91 Å². The number of nitrogens with one attached hydrogen (secondary N) is 1. The summed E-state index contributed by atoms with van der Waals surface area (Å²) in [6.45, 7) is 7.85. The average Bonchev–Trinajstić information content (AvgIpc) is 3.07. The maximum absolute atomic E-state index is 12.5. The highest BCUT2D eigenvalue weighted by molar-refractivity contribution is 8.26. The molecule has 0 atom stereocenters. The van der Waals surface area contributed by atoms with Gasteiger partial charge in [0, 0.05) is 23.5 Å². The van der Waals surface area contributed by atoms with Gasteiger partial charge in [0.15, 0.2) is 0 Å². The lowest BCUT2D eigenvalue weighted by Crippen LogP contribution is -2.27. The molecular formula is C20H19N3O2S2. The molecule has 2 amide bonds. The second-order valence-corrected chi connectivity index (χ2v) is 7.73. The molecule has 0 unspecified atom stereocenters. The third kappa shape index (κ3) is 3.89. The van der Waals surface area contributed by atoms with Crippen LogP contribution in [0.1, 0.15) is 27.3 Å². The van der Waals surface area contributed by atoms with Crippen LogP contribution in [0, 0.1) is 13.8 Å². The van der Waals surface area contributed by atoms with Gasteiger partial charge in [-0.2, -0.15) is 0 Å². The van der Waals surface area contributed by atoms with Crippen LogP contribution in [0.4, 0.5) is 0 Å².